The molecular weight excluding hydrogens is 416 g/mol. The zero-order chi connectivity index (χ0) is 21.8. The lowest BCUT2D eigenvalue weighted by Crippen LogP contribution is -2.32. The molecule has 1 saturated heterocycles. The summed E-state index contributed by atoms with van der Waals surface area (Å²) in [5.74, 6) is 1.39. The third-order valence-electron chi connectivity index (χ3n) is 5.28. The first-order chi connectivity index (χ1) is 15.0. The van der Waals surface area contributed by atoms with E-state index in [4.69, 9.17) is 16.3 Å². The highest BCUT2D eigenvalue weighted by molar-refractivity contribution is 6.30. The predicted octanol–water partition coefficient (Wildman–Crippen LogP) is 3.53. The number of halogens is 1. The Balaban J connectivity index is 1.20. The fourth-order valence-corrected chi connectivity index (χ4v) is 3.77. The number of fused-ring (bicyclic) bond motifs is 2. The average molecular weight is 441 g/mol. The van der Waals surface area contributed by atoms with Crippen LogP contribution < -0.4 is 15.4 Å². The first-order valence-electron chi connectivity index (χ1n) is 10.4. The molecule has 1 unspecified atom stereocenters. The number of hydrogen-bond donors (Lipinski definition) is 2. The van der Waals surface area contributed by atoms with Crippen LogP contribution in [0, 0.1) is 0 Å². The molecule has 1 fully saturated rings. The molecule has 2 aliphatic rings. The molecule has 0 aromatic heterocycles. The maximum Gasteiger partial charge on any atom is 0.246 e. The summed E-state index contributed by atoms with van der Waals surface area (Å²) in [7, 11) is 0. The largest absolute Gasteiger partial charge is 0.491 e. The molecule has 0 aliphatic carbocycles. The number of ether oxygens (including phenoxy) is 1. The van der Waals surface area contributed by atoms with E-state index in [-0.39, 0.29) is 17.9 Å². The number of benzene rings is 2. The van der Waals surface area contributed by atoms with Gasteiger partial charge >= 0.3 is 0 Å². The smallest absolute Gasteiger partial charge is 0.246 e. The molecule has 2 amide bonds. The number of guanidine groups is 1. The van der Waals surface area contributed by atoms with Crippen molar-refractivity contribution in [2.75, 3.05) is 6.54 Å². The second-order valence-electron chi connectivity index (χ2n) is 7.85. The third kappa shape index (κ3) is 5.55. The van der Waals surface area contributed by atoms with Gasteiger partial charge in [0.1, 0.15) is 12.3 Å². The first kappa shape index (κ1) is 21.2. The highest BCUT2D eigenvalue weighted by Gasteiger charge is 2.29. The van der Waals surface area contributed by atoms with E-state index in [1.54, 1.807) is 0 Å². The SMILES string of the molecule is CC(CCCC(=O)NCc1ccc(Cl)cc1)Oc1ccc2c(c1)CN1CC(=O)NC1=N2. The van der Waals surface area contributed by atoms with Gasteiger partial charge < -0.3 is 15.0 Å². The lowest BCUT2D eigenvalue weighted by molar-refractivity contribution is -0.121. The van der Waals surface area contributed by atoms with Crippen LogP contribution in [0.4, 0.5) is 5.69 Å². The minimum atomic E-state index is -0.0335. The lowest BCUT2D eigenvalue weighted by Gasteiger charge is -2.23. The number of nitrogens with one attached hydrogen (secondary N) is 2. The van der Waals surface area contributed by atoms with Crippen LogP contribution in [0.2, 0.25) is 5.02 Å². The van der Waals surface area contributed by atoms with Crippen LogP contribution in [0.3, 0.4) is 0 Å². The van der Waals surface area contributed by atoms with Crippen LogP contribution in [0.15, 0.2) is 47.5 Å². The van der Waals surface area contributed by atoms with Gasteiger partial charge in [0.15, 0.2) is 0 Å². The van der Waals surface area contributed by atoms with Crippen molar-refractivity contribution in [3.63, 3.8) is 0 Å². The monoisotopic (exact) mass is 440 g/mol. The Morgan fingerprint density at radius 2 is 2.06 bits per heavy atom. The van der Waals surface area contributed by atoms with Crippen molar-refractivity contribution in [2.24, 2.45) is 4.99 Å². The van der Waals surface area contributed by atoms with Crippen molar-refractivity contribution < 1.29 is 14.3 Å². The standard InChI is InChI=1S/C23H25ClN4O3/c1-15(3-2-4-21(29)25-12-16-5-7-18(24)8-6-16)31-19-9-10-20-17(11-19)13-28-14-22(30)27-23(28)26-20/h5-11,15H,2-4,12-14H2,1H3,(H,25,29)(H,26,27,30). The lowest BCUT2D eigenvalue weighted by atomic mass is 10.1. The van der Waals surface area contributed by atoms with Crippen molar-refractivity contribution in [1.29, 1.82) is 0 Å². The van der Waals surface area contributed by atoms with E-state index in [2.05, 4.69) is 15.6 Å². The van der Waals surface area contributed by atoms with Crippen molar-refractivity contribution in [3.05, 3.63) is 58.6 Å². The molecule has 2 aromatic rings. The Morgan fingerprint density at radius 3 is 2.87 bits per heavy atom. The summed E-state index contributed by atoms with van der Waals surface area (Å²) in [6.45, 7) is 3.47. The molecule has 2 N–H and O–H groups in total. The van der Waals surface area contributed by atoms with E-state index in [0.29, 0.717) is 37.0 Å². The van der Waals surface area contributed by atoms with Gasteiger partial charge in [-0.1, -0.05) is 23.7 Å². The predicted molar refractivity (Wildman–Crippen MR) is 119 cm³/mol. The summed E-state index contributed by atoms with van der Waals surface area (Å²) in [5, 5.41) is 6.38. The van der Waals surface area contributed by atoms with Crippen LogP contribution in [0.5, 0.6) is 5.75 Å². The molecule has 162 valence electrons. The van der Waals surface area contributed by atoms with Gasteiger partial charge in [-0.25, -0.2) is 4.99 Å². The highest BCUT2D eigenvalue weighted by Crippen LogP contribution is 2.31. The Kier molecular flexibility index (Phi) is 6.42. The van der Waals surface area contributed by atoms with E-state index in [0.717, 1.165) is 35.4 Å². The minimum Gasteiger partial charge on any atom is -0.491 e. The van der Waals surface area contributed by atoms with E-state index < -0.39 is 0 Å². The molecule has 1 atom stereocenters. The second-order valence-corrected chi connectivity index (χ2v) is 8.29. The Bertz CT molecular complexity index is 1010. The summed E-state index contributed by atoms with van der Waals surface area (Å²) >= 11 is 5.87. The summed E-state index contributed by atoms with van der Waals surface area (Å²) in [4.78, 5) is 30.0. The fraction of sp³-hybridized carbons (Fsp3) is 0.348. The number of hydrogen-bond acceptors (Lipinski definition) is 5. The molecular formula is C23H25ClN4O3. The third-order valence-corrected chi connectivity index (χ3v) is 5.53. The Labute approximate surface area is 186 Å². The topological polar surface area (TPSA) is 83.0 Å². The molecule has 2 aliphatic heterocycles. The Morgan fingerprint density at radius 1 is 1.26 bits per heavy atom. The molecule has 8 heteroatoms. The van der Waals surface area contributed by atoms with Crippen LogP contribution in [-0.2, 0) is 22.7 Å². The van der Waals surface area contributed by atoms with E-state index in [9.17, 15) is 9.59 Å². The fourth-order valence-electron chi connectivity index (χ4n) is 3.64. The normalized spacial score (nSPS) is 15.5. The zero-order valence-corrected chi connectivity index (χ0v) is 18.1. The summed E-state index contributed by atoms with van der Waals surface area (Å²) < 4.78 is 6.04. The number of nitrogens with zero attached hydrogens (tertiary/aromatic N) is 2. The number of carbonyl (C=O) groups is 2. The maximum atomic E-state index is 12.1. The van der Waals surface area contributed by atoms with Crippen LogP contribution in [0.1, 0.15) is 37.3 Å². The molecule has 31 heavy (non-hydrogen) atoms. The van der Waals surface area contributed by atoms with Crippen LogP contribution >= 0.6 is 11.6 Å². The van der Waals surface area contributed by atoms with E-state index in [1.807, 2.05) is 54.3 Å². The van der Waals surface area contributed by atoms with Crippen molar-refractivity contribution >= 4 is 35.1 Å². The number of rotatable bonds is 8. The molecule has 4 rings (SSSR count). The number of aliphatic imine (C=N–C) groups is 1. The van der Waals surface area contributed by atoms with Gasteiger partial charge in [-0.2, -0.15) is 0 Å². The molecule has 2 aromatic carbocycles. The van der Waals surface area contributed by atoms with Gasteiger partial charge in [-0.05, 0) is 55.7 Å². The summed E-state index contributed by atoms with van der Waals surface area (Å²) in [6.07, 6.45) is 1.96. The average Bonchev–Trinajstić information content (AvgIpc) is 3.10. The van der Waals surface area contributed by atoms with Crippen LogP contribution in [0.25, 0.3) is 0 Å². The van der Waals surface area contributed by atoms with Gasteiger partial charge in [0.05, 0.1) is 11.8 Å². The van der Waals surface area contributed by atoms with E-state index in [1.165, 1.54) is 0 Å². The number of amides is 2. The van der Waals surface area contributed by atoms with Crippen molar-refractivity contribution in [3.8, 4) is 5.75 Å². The molecule has 0 spiro atoms. The molecule has 0 radical (unpaired) electrons. The van der Waals surface area contributed by atoms with Gasteiger partial charge in [-0.15, -0.1) is 0 Å². The van der Waals surface area contributed by atoms with E-state index >= 15 is 0 Å². The molecule has 7 nitrogen and oxygen atoms in total. The van der Waals surface area contributed by atoms with Crippen molar-refractivity contribution in [1.82, 2.24) is 15.5 Å². The maximum absolute atomic E-state index is 12.1. The summed E-state index contributed by atoms with van der Waals surface area (Å²) in [5.41, 5.74) is 2.91. The van der Waals surface area contributed by atoms with Crippen molar-refractivity contribution in [2.45, 2.75) is 45.4 Å². The molecule has 0 saturated carbocycles. The molecule has 2 heterocycles. The molecule has 0 bridgehead atoms. The van der Waals surface area contributed by atoms with Gasteiger partial charge in [0.25, 0.3) is 0 Å². The van der Waals surface area contributed by atoms with Gasteiger partial charge in [0.2, 0.25) is 17.8 Å². The first-order valence-corrected chi connectivity index (χ1v) is 10.8. The van der Waals surface area contributed by atoms with Crippen LogP contribution in [-0.4, -0.2) is 35.3 Å². The Hall–Kier alpha value is -3.06. The number of carbonyl (C=O) groups excluding carboxylic acids is 2. The summed E-state index contributed by atoms with van der Waals surface area (Å²) in [6, 6.07) is 13.2. The second kappa shape index (κ2) is 9.39. The zero-order valence-electron chi connectivity index (χ0n) is 17.4. The van der Waals surface area contributed by atoms with Gasteiger partial charge in [0, 0.05) is 30.1 Å². The highest BCUT2D eigenvalue weighted by atomic mass is 35.5. The van der Waals surface area contributed by atoms with Gasteiger partial charge in [-0.3, -0.25) is 14.9 Å². The minimum absolute atomic E-state index is 0.0141. The quantitative estimate of drug-likeness (QED) is 0.657.